The standard InChI is InChI=1S/C13H19F2NO2/c14-13(15)11-16(8-9-17)7-4-10-18-12-5-2-1-3-6-12/h1-3,5-6,13,17H,4,7-11H2. The normalized spacial score (nSPS) is 11.2. The maximum Gasteiger partial charge on any atom is 0.251 e. The highest BCUT2D eigenvalue weighted by Gasteiger charge is 2.10. The van der Waals surface area contributed by atoms with Crippen molar-refractivity contribution in [2.24, 2.45) is 0 Å². The van der Waals surface area contributed by atoms with Crippen molar-refractivity contribution in [2.45, 2.75) is 12.8 Å². The van der Waals surface area contributed by atoms with Gasteiger partial charge in [0.1, 0.15) is 5.75 Å². The molecule has 0 heterocycles. The Kier molecular flexibility index (Phi) is 7.29. The number of aliphatic hydroxyl groups is 1. The fraction of sp³-hybridized carbons (Fsp3) is 0.538. The van der Waals surface area contributed by atoms with Crippen LogP contribution in [0.2, 0.25) is 0 Å². The molecule has 0 atom stereocenters. The smallest absolute Gasteiger partial charge is 0.251 e. The first-order valence-corrected chi connectivity index (χ1v) is 6.01. The zero-order valence-corrected chi connectivity index (χ0v) is 10.3. The molecule has 0 fully saturated rings. The van der Waals surface area contributed by atoms with Gasteiger partial charge >= 0.3 is 0 Å². The van der Waals surface area contributed by atoms with E-state index in [-0.39, 0.29) is 19.7 Å². The second-order valence-electron chi connectivity index (χ2n) is 3.93. The van der Waals surface area contributed by atoms with Crippen molar-refractivity contribution in [3.8, 4) is 5.75 Å². The molecule has 3 nitrogen and oxygen atoms in total. The number of aliphatic hydroxyl groups excluding tert-OH is 1. The summed E-state index contributed by atoms with van der Waals surface area (Å²) in [5, 5.41) is 8.77. The molecule has 102 valence electrons. The Hall–Kier alpha value is -1.20. The van der Waals surface area contributed by atoms with Gasteiger partial charge in [0.15, 0.2) is 0 Å². The summed E-state index contributed by atoms with van der Waals surface area (Å²) in [6, 6.07) is 9.36. The number of nitrogens with zero attached hydrogens (tertiary/aromatic N) is 1. The van der Waals surface area contributed by atoms with Gasteiger partial charge in [0.2, 0.25) is 0 Å². The van der Waals surface area contributed by atoms with Gasteiger partial charge in [0, 0.05) is 13.1 Å². The Balaban J connectivity index is 2.18. The van der Waals surface area contributed by atoms with Crippen molar-refractivity contribution in [2.75, 3.05) is 32.8 Å². The number of alkyl halides is 2. The van der Waals surface area contributed by atoms with E-state index in [1.54, 1.807) is 4.90 Å². The van der Waals surface area contributed by atoms with E-state index in [9.17, 15) is 8.78 Å². The van der Waals surface area contributed by atoms with E-state index < -0.39 is 6.43 Å². The van der Waals surface area contributed by atoms with E-state index >= 15 is 0 Å². The summed E-state index contributed by atoms with van der Waals surface area (Å²) in [6.07, 6.45) is -1.71. The van der Waals surface area contributed by atoms with Gasteiger partial charge < -0.3 is 9.84 Å². The Morgan fingerprint density at radius 2 is 1.89 bits per heavy atom. The number of halogens is 2. The van der Waals surface area contributed by atoms with E-state index in [2.05, 4.69) is 0 Å². The molecule has 0 saturated heterocycles. The summed E-state index contributed by atoms with van der Waals surface area (Å²) in [4.78, 5) is 1.54. The summed E-state index contributed by atoms with van der Waals surface area (Å²) >= 11 is 0. The van der Waals surface area contributed by atoms with Crippen molar-refractivity contribution < 1.29 is 18.6 Å². The molecular formula is C13H19F2NO2. The summed E-state index contributed by atoms with van der Waals surface area (Å²) in [5.74, 6) is 0.778. The first kappa shape index (κ1) is 14.9. The summed E-state index contributed by atoms with van der Waals surface area (Å²) in [7, 11) is 0. The zero-order valence-electron chi connectivity index (χ0n) is 10.3. The lowest BCUT2D eigenvalue weighted by atomic mass is 10.3. The van der Waals surface area contributed by atoms with Gasteiger partial charge in [0.05, 0.1) is 19.8 Å². The SMILES string of the molecule is OCCN(CCCOc1ccccc1)CC(F)F. The fourth-order valence-electron chi connectivity index (χ4n) is 1.63. The highest BCUT2D eigenvalue weighted by Crippen LogP contribution is 2.08. The van der Waals surface area contributed by atoms with Crippen molar-refractivity contribution in [1.82, 2.24) is 4.90 Å². The van der Waals surface area contributed by atoms with Crippen LogP contribution in [-0.2, 0) is 0 Å². The molecule has 0 aromatic heterocycles. The van der Waals surface area contributed by atoms with Gasteiger partial charge in [0.25, 0.3) is 6.43 Å². The van der Waals surface area contributed by atoms with E-state index in [4.69, 9.17) is 9.84 Å². The third-order valence-electron chi connectivity index (χ3n) is 2.44. The zero-order chi connectivity index (χ0) is 13.2. The van der Waals surface area contributed by atoms with Crippen LogP contribution in [0.1, 0.15) is 6.42 Å². The molecule has 0 amide bonds. The van der Waals surface area contributed by atoms with Gasteiger partial charge in [-0.15, -0.1) is 0 Å². The average molecular weight is 259 g/mol. The van der Waals surface area contributed by atoms with Crippen LogP contribution in [-0.4, -0.2) is 49.3 Å². The van der Waals surface area contributed by atoms with Crippen LogP contribution in [0.15, 0.2) is 30.3 Å². The maximum atomic E-state index is 12.2. The minimum Gasteiger partial charge on any atom is -0.494 e. The minimum atomic E-state index is -2.37. The minimum absolute atomic E-state index is 0.105. The van der Waals surface area contributed by atoms with E-state index in [0.717, 1.165) is 5.75 Å². The average Bonchev–Trinajstić information content (AvgIpc) is 2.35. The highest BCUT2D eigenvalue weighted by molar-refractivity contribution is 5.20. The number of para-hydroxylation sites is 1. The number of benzene rings is 1. The molecule has 0 saturated carbocycles. The van der Waals surface area contributed by atoms with Gasteiger partial charge in [-0.25, -0.2) is 8.78 Å². The van der Waals surface area contributed by atoms with Gasteiger partial charge in [-0.1, -0.05) is 18.2 Å². The Morgan fingerprint density at radius 1 is 1.17 bits per heavy atom. The Morgan fingerprint density at radius 3 is 2.50 bits per heavy atom. The predicted molar refractivity (Wildman–Crippen MR) is 66.1 cm³/mol. The van der Waals surface area contributed by atoms with E-state index in [1.807, 2.05) is 30.3 Å². The quantitative estimate of drug-likeness (QED) is 0.689. The Labute approximate surface area is 106 Å². The number of rotatable bonds is 9. The second-order valence-corrected chi connectivity index (χ2v) is 3.93. The van der Waals surface area contributed by atoms with Gasteiger partial charge in [-0.3, -0.25) is 4.90 Å². The van der Waals surface area contributed by atoms with E-state index in [0.29, 0.717) is 19.6 Å². The van der Waals surface area contributed by atoms with Crippen molar-refractivity contribution in [3.05, 3.63) is 30.3 Å². The van der Waals surface area contributed by atoms with Crippen LogP contribution in [0, 0.1) is 0 Å². The molecule has 18 heavy (non-hydrogen) atoms. The van der Waals surface area contributed by atoms with E-state index in [1.165, 1.54) is 0 Å². The first-order valence-electron chi connectivity index (χ1n) is 6.01. The fourth-order valence-corrected chi connectivity index (χ4v) is 1.63. The van der Waals surface area contributed by atoms with Crippen LogP contribution in [0.25, 0.3) is 0 Å². The lowest BCUT2D eigenvalue weighted by Crippen LogP contribution is -2.33. The summed E-state index contributed by atoms with van der Waals surface area (Å²) in [6.45, 7) is 0.848. The van der Waals surface area contributed by atoms with Gasteiger partial charge in [-0.2, -0.15) is 0 Å². The third kappa shape index (κ3) is 6.51. The third-order valence-corrected chi connectivity index (χ3v) is 2.44. The summed E-state index contributed by atoms with van der Waals surface area (Å²) in [5.41, 5.74) is 0. The van der Waals surface area contributed by atoms with Crippen molar-refractivity contribution >= 4 is 0 Å². The molecule has 0 bridgehead atoms. The molecular weight excluding hydrogens is 240 g/mol. The predicted octanol–water partition coefficient (Wildman–Crippen LogP) is 2.01. The molecule has 1 aromatic rings. The van der Waals surface area contributed by atoms with Crippen molar-refractivity contribution in [3.63, 3.8) is 0 Å². The topological polar surface area (TPSA) is 32.7 Å². The Bertz CT molecular complexity index is 309. The molecule has 0 unspecified atom stereocenters. The van der Waals surface area contributed by atoms with Crippen LogP contribution in [0.5, 0.6) is 5.75 Å². The monoisotopic (exact) mass is 259 g/mol. The molecule has 0 spiro atoms. The maximum absolute atomic E-state index is 12.2. The molecule has 0 aliphatic carbocycles. The molecule has 5 heteroatoms. The molecule has 1 N–H and O–H groups in total. The number of hydrogen-bond donors (Lipinski definition) is 1. The highest BCUT2D eigenvalue weighted by atomic mass is 19.3. The second kappa shape index (κ2) is 8.83. The molecule has 1 rings (SSSR count). The van der Waals surface area contributed by atoms with Crippen molar-refractivity contribution in [1.29, 1.82) is 0 Å². The number of ether oxygens (including phenoxy) is 1. The van der Waals surface area contributed by atoms with Crippen LogP contribution >= 0.6 is 0 Å². The lowest BCUT2D eigenvalue weighted by molar-refractivity contribution is 0.0754. The van der Waals surface area contributed by atoms with Crippen LogP contribution < -0.4 is 4.74 Å². The number of hydrogen-bond acceptors (Lipinski definition) is 3. The molecule has 0 aliphatic rings. The molecule has 0 radical (unpaired) electrons. The molecule has 0 aliphatic heterocycles. The summed E-state index contributed by atoms with van der Waals surface area (Å²) < 4.78 is 29.9. The van der Waals surface area contributed by atoms with Crippen LogP contribution in [0.4, 0.5) is 8.78 Å². The largest absolute Gasteiger partial charge is 0.494 e. The first-order chi connectivity index (χ1) is 8.72. The lowest BCUT2D eigenvalue weighted by Gasteiger charge is -2.20. The van der Waals surface area contributed by atoms with Crippen LogP contribution in [0.3, 0.4) is 0 Å². The molecule has 1 aromatic carbocycles. The van der Waals surface area contributed by atoms with Gasteiger partial charge in [-0.05, 0) is 18.6 Å².